The molecule has 1 aliphatic rings. The van der Waals surface area contributed by atoms with Crippen LogP contribution in [0, 0.1) is 0 Å². The second kappa shape index (κ2) is 9.12. The zero-order chi connectivity index (χ0) is 21.0. The van der Waals surface area contributed by atoms with Gasteiger partial charge in [-0.2, -0.15) is 0 Å². The zero-order valence-corrected chi connectivity index (χ0v) is 18.3. The zero-order valence-electron chi connectivity index (χ0n) is 16.7. The van der Waals surface area contributed by atoms with E-state index in [2.05, 4.69) is 15.5 Å². The Morgan fingerprint density at radius 3 is 2.69 bits per heavy atom. The second-order valence-electron chi connectivity index (χ2n) is 6.91. The van der Waals surface area contributed by atoms with Crippen LogP contribution in [0.2, 0.25) is 0 Å². The number of aromatic nitrogens is 4. The van der Waals surface area contributed by atoms with Crippen molar-refractivity contribution < 1.29 is 17.9 Å². The van der Waals surface area contributed by atoms with E-state index in [4.69, 9.17) is 4.74 Å². The summed E-state index contributed by atoms with van der Waals surface area (Å²) in [4.78, 5) is 14.6. The quantitative estimate of drug-likeness (QED) is 0.566. The van der Waals surface area contributed by atoms with Crippen LogP contribution in [0.3, 0.4) is 0 Å². The molecule has 0 aliphatic carbocycles. The van der Waals surface area contributed by atoms with E-state index in [1.807, 2.05) is 31.2 Å². The highest BCUT2D eigenvalue weighted by Crippen LogP contribution is 2.25. The maximum atomic E-state index is 13.0. The standard InChI is InChI=1S/C18H25N5O4S2/c1-4-22(15-9-10-29(25,26)12-15)17(24)13(2)28-18-19-20-21-23(18)11-14-5-7-16(27-3)8-6-14/h5-8,13,15H,4,9-12H2,1-3H3. The Bertz CT molecular complexity index is 945. The predicted octanol–water partition coefficient (Wildman–Crippen LogP) is 1.25. The third-order valence-electron chi connectivity index (χ3n) is 4.89. The van der Waals surface area contributed by atoms with Gasteiger partial charge in [-0.1, -0.05) is 23.9 Å². The van der Waals surface area contributed by atoms with Gasteiger partial charge in [0.2, 0.25) is 11.1 Å². The molecule has 0 bridgehead atoms. The number of carbonyl (C=O) groups excluding carboxylic acids is 1. The van der Waals surface area contributed by atoms with Gasteiger partial charge in [-0.15, -0.1) is 5.10 Å². The van der Waals surface area contributed by atoms with Crippen molar-refractivity contribution in [2.45, 2.75) is 43.3 Å². The van der Waals surface area contributed by atoms with Crippen molar-refractivity contribution in [3.63, 3.8) is 0 Å². The number of rotatable bonds is 8. The molecule has 9 nitrogen and oxygen atoms in total. The van der Waals surface area contributed by atoms with E-state index in [9.17, 15) is 13.2 Å². The second-order valence-corrected chi connectivity index (χ2v) is 10.4. The molecular formula is C18H25N5O4S2. The van der Waals surface area contributed by atoms with Crippen LogP contribution in [0.1, 0.15) is 25.8 Å². The minimum absolute atomic E-state index is 0.0408. The normalized spacial score (nSPS) is 19.1. The topological polar surface area (TPSA) is 107 Å². The van der Waals surface area contributed by atoms with Gasteiger partial charge in [0.25, 0.3) is 0 Å². The van der Waals surface area contributed by atoms with Gasteiger partial charge in [-0.05, 0) is 48.4 Å². The minimum atomic E-state index is -3.05. The number of amides is 1. The first-order valence-corrected chi connectivity index (χ1v) is 12.1. The summed E-state index contributed by atoms with van der Waals surface area (Å²) in [6, 6.07) is 7.35. The smallest absolute Gasteiger partial charge is 0.236 e. The summed E-state index contributed by atoms with van der Waals surface area (Å²) < 4.78 is 30.4. The van der Waals surface area contributed by atoms with Gasteiger partial charge in [-0.3, -0.25) is 4.79 Å². The first-order valence-electron chi connectivity index (χ1n) is 9.39. The molecule has 29 heavy (non-hydrogen) atoms. The largest absolute Gasteiger partial charge is 0.497 e. The SMILES string of the molecule is CCN(C(=O)C(C)Sc1nnnn1Cc1ccc(OC)cc1)C1CCS(=O)(=O)C1. The molecule has 1 fully saturated rings. The van der Waals surface area contributed by atoms with Crippen molar-refractivity contribution in [3.8, 4) is 5.75 Å². The van der Waals surface area contributed by atoms with Crippen LogP contribution in [-0.2, 0) is 21.2 Å². The number of tetrazole rings is 1. The molecule has 0 saturated carbocycles. The molecule has 0 spiro atoms. The van der Waals surface area contributed by atoms with Gasteiger partial charge in [0.1, 0.15) is 5.75 Å². The molecule has 2 atom stereocenters. The van der Waals surface area contributed by atoms with E-state index >= 15 is 0 Å². The molecule has 1 aliphatic heterocycles. The highest BCUT2D eigenvalue weighted by molar-refractivity contribution is 8.00. The van der Waals surface area contributed by atoms with E-state index in [-0.39, 0.29) is 23.5 Å². The van der Waals surface area contributed by atoms with Gasteiger partial charge in [-0.25, -0.2) is 13.1 Å². The number of ether oxygens (including phenoxy) is 1. The van der Waals surface area contributed by atoms with Gasteiger partial charge < -0.3 is 9.64 Å². The van der Waals surface area contributed by atoms with Crippen LogP contribution in [-0.4, -0.2) is 75.9 Å². The fourth-order valence-corrected chi connectivity index (χ4v) is 5.93. The monoisotopic (exact) mass is 439 g/mol. The molecule has 0 N–H and O–H groups in total. The first-order chi connectivity index (χ1) is 13.8. The third kappa shape index (κ3) is 5.27. The lowest BCUT2D eigenvalue weighted by molar-refractivity contribution is -0.131. The Hall–Kier alpha value is -2.14. The van der Waals surface area contributed by atoms with E-state index in [1.165, 1.54) is 11.8 Å². The molecule has 1 aromatic heterocycles. The maximum Gasteiger partial charge on any atom is 0.236 e. The van der Waals surface area contributed by atoms with Crippen molar-refractivity contribution >= 4 is 27.5 Å². The lowest BCUT2D eigenvalue weighted by atomic mass is 10.2. The summed E-state index contributed by atoms with van der Waals surface area (Å²) in [5, 5.41) is 11.9. The Labute approximate surface area is 174 Å². The van der Waals surface area contributed by atoms with Gasteiger partial charge in [0.15, 0.2) is 9.84 Å². The summed E-state index contributed by atoms with van der Waals surface area (Å²) in [6.07, 6.45) is 0.495. The first kappa shape index (κ1) is 21.6. The summed E-state index contributed by atoms with van der Waals surface area (Å²) in [7, 11) is -1.44. The number of methoxy groups -OCH3 is 1. The van der Waals surface area contributed by atoms with Crippen LogP contribution in [0.25, 0.3) is 0 Å². The van der Waals surface area contributed by atoms with Crippen LogP contribution in [0.4, 0.5) is 0 Å². The van der Waals surface area contributed by atoms with E-state index in [0.717, 1.165) is 11.3 Å². The van der Waals surface area contributed by atoms with Crippen molar-refractivity contribution in [1.82, 2.24) is 25.1 Å². The van der Waals surface area contributed by atoms with Crippen LogP contribution in [0.15, 0.2) is 29.4 Å². The number of hydrogen-bond donors (Lipinski definition) is 0. The number of nitrogens with zero attached hydrogens (tertiary/aromatic N) is 5. The molecule has 1 aromatic carbocycles. The fourth-order valence-electron chi connectivity index (χ4n) is 3.34. The van der Waals surface area contributed by atoms with Crippen LogP contribution >= 0.6 is 11.8 Å². The number of benzene rings is 1. The minimum Gasteiger partial charge on any atom is -0.497 e. The van der Waals surface area contributed by atoms with E-state index in [0.29, 0.717) is 24.7 Å². The van der Waals surface area contributed by atoms with Crippen molar-refractivity contribution in [1.29, 1.82) is 0 Å². The summed E-state index contributed by atoms with van der Waals surface area (Å²) in [6.45, 7) is 4.61. The molecule has 2 aromatic rings. The molecule has 0 radical (unpaired) electrons. The molecule has 2 heterocycles. The van der Waals surface area contributed by atoms with Crippen molar-refractivity contribution in [2.24, 2.45) is 0 Å². The predicted molar refractivity (Wildman–Crippen MR) is 110 cm³/mol. The fraction of sp³-hybridized carbons (Fsp3) is 0.556. The Morgan fingerprint density at radius 1 is 1.38 bits per heavy atom. The molecule has 2 unspecified atom stereocenters. The van der Waals surface area contributed by atoms with Crippen molar-refractivity contribution in [3.05, 3.63) is 29.8 Å². The summed E-state index contributed by atoms with van der Waals surface area (Å²) >= 11 is 1.28. The number of thioether (sulfide) groups is 1. The molecule has 3 rings (SSSR count). The van der Waals surface area contributed by atoms with Crippen molar-refractivity contribution in [2.75, 3.05) is 25.2 Å². The van der Waals surface area contributed by atoms with E-state index < -0.39 is 15.1 Å². The van der Waals surface area contributed by atoms with Crippen LogP contribution in [0.5, 0.6) is 5.75 Å². The van der Waals surface area contributed by atoms with Gasteiger partial charge >= 0.3 is 0 Å². The number of carbonyl (C=O) groups is 1. The third-order valence-corrected chi connectivity index (χ3v) is 7.70. The average Bonchev–Trinajstić information content (AvgIpc) is 3.28. The molecular weight excluding hydrogens is 414 g/mol. The summed E-state index contributed by atoms with van der Waals surface area (Å²) in [5.74, 6) is 0.855. The lowest BCUT2D eigenvalue weighted by Gasteiger charge is -2.29. The van der Waals surface area contributed by atoms with E-state index in [1.54, 1.807) is 23.6 Å². The van der Waals surface area contributed by atoms with Crippen LogP contribution < -0.4 is 4.74 Å². The molecule has 11 heteroatoms. The number of hydrogen-bond acceptors (Lipinski definition) is 8. The Morgan fingerprint density at radius 2 is 2.10 bits per heavy atom. The van der Waals surface area contributed by atoms with Gasteiger partial charge in [0.05, 0.1) is 30.4 Å². The molecule has 1 saturated heterocycles. The highest BCUT2D eigenvalue weighted by Gasteiger charge is 2.35. The van der Waals surface area contributed by atoms with Gasteiger partial charge in [0, 0.05) is 12.6 Å². The Kier molecular flexibility index (Phi) is 6.78. The average molecular weight is 440 g/mol. The Balaban J connectivity index is 1.66. The lowest BCUT2D eigenvalue weighted by Crippen LogP contribution is -2.44. The number of sulfone groups is 1. The molecule has 1 amide bonds. The highest BCUT2D eigenvalue weighted by atomic mass is 32.2. The summed E-state index contributed by atoms with van der Waals surface area (Å²) in [5.41, 5.74) is 1.00. The maximum absolute atomic E-state index is 13.0. The molecule has 158 valence electrons.